The predicted octanol–water partition coefficient (Wildman–Crippen LogP) is 4.12. The fraction of sp³-hybridized carbons (Fsp3) is 0.240. The molecule has 180 valence electrons. The highest BCUT2D eigenvalue weighted by Gasteiger charge is 2.24. The van der Waals surface area contributed by atoms with Crippen LogP contribution in [0.5, 0.6) is 5.75 Å². The SMILES string of the molecule is COc1ccccc1-n1c(SCC(=O)N2CCN(c3ccc(F)cc3)CC2)nnc1-c1ccco1. The van der Waals surface area contributed by atoms with Gasteiger partial charge in [-0.1, -0.05) is 23.9 Å². The molecule has 0 atom stereocenters. The van der Waals surface area contributed by atoms with E-state index in [0.29, 0.717) is 48.7 Å². The van der Waals surface area contributed by atoms with Gasteiger partial charge in [0.2, 0.25) is 11.7 Å². The van der Waals surface area contributed by atoms with E-state index in [1.807, 2.05) is 39.8 Å². The van der Waals surface area contributed by atoms with Gasteiger partial charge < -0.3 is 19.0 Å². The Morgan fingerprint density at radius 2 is 1.80 bits per heavy atom. The van der Waals surface area contributed by atoms with Gasteiger partial charge in [0.1, 0.15) is 11.6 Å². The minimum Gasteiger partial charge on any atom is -0.495 e. The molecule has 0 unspecified atom stereocenters. The van der Waals surface area contributed by atoms with Gasteiger partial charge in [0, 0.05) is 31.9 Å². The molecule has 5 rings (SSSR count). The second-order valence-electron chi connectivity index (χ2n) is 7.92. The summed E-state index contributed by atoms with van der Waals surface area (Å²) in [7, 11) is 1.61. The third-order valence-electron chi connectivity index (χ3n) is 5.85. The Bertz CT molecular complexity index is 1280. The molecule has 1 aliphatic rings. The lowest BCUT2D eigenvalue weighted by atomic mass is 10.2. The van der Waals surface area contributed by atoms with E-state index in [2.05, 4.69) is 15.1 Å². The van der Waals surface area contributed by atoms with Crippen LogP contribution in [-0.2, 0) is 4.79 Å². The van der Waals surface area contributed by atoms with Crippen molar-refractivity contribution in [1.29, 1.82) is 0 Å². The van der Waals surface area contributed by atoms with Crippen molar-refractivity contribution in [1.82, 2.24) is 19.7 Å². The molecule has 35 heavy (non-hydrogen) atoms. The number of thioether (sulfide) groups is 1. The number of piperazine rings is 1. The molecule has 3 heterocycles. The van der Waals surface area contributed by atoms with Crippen molar-refractivity contribution < 1.29 is 18.3 Å². The molecule has 10 heteroatoms. The number of halogens is 1. The summed E-state index contributed by atoms with van der Waals surface area (Å²) in [6.45, 7) is 2.60. The number of carbonyl (C=O) groups is 1. The number of anilines is 1. The molecular formula is C25H24FN5O3S. The summed E-state index contributed by atoms with van der Waals surface area (Å²) in [6, 6.07) is 17.6. The molecule has 0 N–H and O–H groups in total. The summed E-state index contributed by atoms with van der Waals surface area (Å²) < 4.78 is 26.2. The number of ether oxygens (including phenoxy) is 1. The molecule has 0 saturated carbocycles. The van der Waals surface area contributed by atoms with E-state index < -0.39 is 0 Å². The number of aromatic nitrogens is 3. The minimum atomic E-state index is -0.254. The van der Waals surface area contributed by atoms with Crippen LogP contribution in [0.25, 0.3) is 17.3 Å². The van der Waals surface area contributed by atoms with E-state index in [-0.39, 0.29) is 17.5 Å². The van der Waals surface area contributed by atoms with E-state index in [1.165, 1.54) is 23.9 Å². The van der Waals surface area contributed by atoms with Crippen LogP contribution in [0, 0.1) is 5.82 Å². The Morgan fingerprint density at radius 3 is 2.51 bits per heavy atom. The average Bonchev–Trinajstić information content (AvgIpc) is 3.58. The molecule has 1 aliphatic heterocycles. The topological polar surface area (TPSA) is 76.6 Å². The van der Waals surface area contributed by atoms with Crippen molar-refractivity contribution in [2.45, 2.75) is 5.16 Å². The zero-order valence-electron chi connectivity index (χ0n) is 19.1. The number of carbonyl (C=O) groups excluding carboxylic acids is 1. The Labute approximate surface area is 206 Å². The zero-order valence-corrected chi connectivity index (χ0v) is 19.9. The second-order valence-corrected chi connectivity index (χ2v) is 8.87. The lowest BCUT2D eigenvalue weighted by molar-refractivity contribution is -0.128. The van der Waals surface area contributed by atoms with E-state index in [1.54, 1.807) is 31.6 Å². The Kier molecular flexibility index (Phi) is 6.71. The van der Waals surface area contributed by atoms with Gasteiger partial charge in [-0.05, 0) is 48.5 Å². The number of hydrogen-bond acceptors (Lipinski definition) is 7. The fourth-order valence-corrected chi connectivity index (χ4v) is 4.89. The first-order chi connectivity index (χ1) is 17.1. The van der Waals surface area contributed by atoms with Crippen molar-refractivity contribution in [3.63, 3.8) is 0 Å². The van der Waals surface area contributed by atoms with Crippen molar-refractivity contribution >= 4 is 23.4 Å². The number of nitrogens with zero attached hydrogens (tertiary/aromatic N) is 5. The van der Waals surface area contributed by atoms with Gasteiger partial charge in [-0.15, -0.1) is 10.2 Å². The Morgan fingerprint density at radius 1 is 1.03 bits per heavy atom. The minimum absolute atomic E-state index is 0.0304. The third-order valence-corrected chi connectivity index (χ3v) is 6.76. The molecule has 1 fully saturated rings. The lowest BCUT2D eigenvalue weighted by Crippen LogP contribution is -2.49. The van der Waals surface area contributed by atoms with Gasteiger partial charge in [-0.3, -0.25) is 9.36 Å². The Hall–Kier alpha value is -3.79. The predicted molar refractivity (Wildman–Crippen MR) is 132 cm³/mol. The first kappa shape index (κ1) is 23.0. The van der Waals surface area contributed by atoms with Crippen LogP contribution in [0.4, 0.5) is 10.1 Å². The first-order valence-electron chi connectivity index (χ1n) is 11.2. The summed E-state index contributed by atoms with van der Waals surface area (Å²) in [5, 5.41) is 9.25. The number of methoxy groups -OCH3 is 1. The molecule has 2 aromatic carbocycles. The third kappa shape index (κ3) is 4.88. The molecule has 0 aliphatic carbocycles. The van der Waals surface area contributed by atoms with Gasteiger partial charge in [0.25, 0.3) is 0 Å². The van der Waals surface area contributed by atoms with Gasteiger partial charge in [0.05, 0.1) is 24.8 Å². The quantitative estimate of drug-likeness (QED) is 0.359. The monoisotopic (exact) mass is 493 g/mol. The van der Waals surface area contributed by atoms with E-state index in [9.17, 15) is 9.18 Å². The number of para-hydroxylation sites is 2. The van der Waals surface area contributed by atoms with Gasteiger partial charge in [0.15, 0.2) is 10.9 Å². The molecule has 0 spiro atoms. The maximum atomic E-state index is 13.2. The molecule has 0 bridgehead atoms. The first-order valence-corrected chi connectivity index (χ1v) is 12.2. The van der Waals surface area contributed by atoms with E-state index in [4.69, 9.17) is 9.15 Å². The number of hydrogen-bond donors (Lipinski definition) is 0. The number of benzene rings is 2. The molecule has 2 aromatic heterocycles. The van der Waals surface area contributed by atoms with Gasteiger partial charge in [-0.25, -0.2) is 4.39 Å². The molecule has 8 nitrogen and oxygen atoms in total. The van der Waals surface area contributed by atoms with Gasteiger partial charge in [-0.2, -0.15) is 0 Å². The highest BCUT2D eigenvalue weighted by atomic mass is 32.2. The average molecular weight is 494 g/mol. The zero-order chi connectivity index (χ0) is 24.2. The van der Waals surface area contributed by atoms with Crippen LogP contribution >= 0.6 is 11.8 Å². The van der Waals surface area contributed by atoms with Gasteiger partial charge >= 0.3 is 0 Å². The summed E-state index contributed by atoms with van der Waals surface area (Å²) in [6.07, 6.45) is 1.58. The van der Waals surface area contributed by atoms with Crippen molar-refractivity contribution in [3.8, 4) is 23.0 Å². The van der Waals surface area contributed by atoms with Crippen molar-refractivity contribution in [3.05, 3.63) is 72.7 Å². The highest BCUT2D eigenvalue weighted by molar-refractivity contribution is 7.99. The van der Waals surface area contributed by atoms with Crippen LogP contribution in [-0.4, -0.2) is 64.6 Å². The standard InChI is InChI=1S/C25H24FN5O3S/c1-33-21-6-3-2-5-20(21)31-24(22-7-4-16-34-22)27-28-25(31)35-17-23(32)30-14-12-29(13-15-30)19-10-8-18(26)9-11-19/h2-11,16H,12-15,17H2,1H3. The summed E-state index contributed by atoms with van der Waals surface area (Å²) in [5.74, 6) is 1.76. The van der Waals surface area contributed by atoms with E-state index in [0.717, 1.165) is 11.4 Å². The smallest absolute Gasteiger partial charge is 0.233 e. The van der Waals surface area contributed by atoms with E-state index >= 15 is 0 Å². The molecule has 1 amide bonds. The summed E-state index contributed by atoms with van der Waals surface area (Å²) >= 11 is 1.33. The van der Waals surface area contributed by atoms with Crippen LogP contribution in [0.3, 0.4) is 0 Å². The molecule has 4 aromatic rings. The number of amides is 1. The van der Waals surface area contributed by atoms with Crippen LogP contribution in [0.2, 0.25) is 0 Å². The lowest BCUT2D eigenvalue weighted by Gasteiger charge is -2.36. The Balaban J connectivity index is 1.29. The van der Waals surface area contributed by atoms with Crippen molar-refractivity contribution in [2.75, 3.05) is 43.9 Å². The van der Waals surface area contributed by atoms with Crippen LogP contribution in [0.1, 0.15) is 0 Å². The van der Waals surface area contributed by atoms with Crippen molar-refractivity contribution in [2.24, 2.45) is 0 Å². The highest BCUT2D eigenvalue weighted by Crippen LogP contribution is 2.32. The van der Waals surface area contributed by atoms with Crippen LogP contribution in [0.15, 0.2) is 76.5 Å². The fourth-order valence-electron chi connectivity index (χ4n) is 4.04. The molecule has 0 radical (unpaired) electrons. The number of rotatable bonds is 7. The summed E-state index contributed by atoms with van der Waals surface area (Å²) in [4.78, 5) is 17.0. The largest absolute Gasteiger partial charge is 0.495 e. The summed E-state index contributed by atoms with van der Waals surface area (Å²) in [5.41, 5.74) is 1.72. The second kappa shape index (κ2) is 10.2. The normalized spacial score (nSPS) is 13.8. The maximum absolute atomic E-state index is 13.2. The maximum Gasteiger partial charge on any atom is 0.233 e. The molecule has 1 saturated heterocycles. The number of furan rings is 1. The van der Waals surface area contributed by atoms with Crippen LogP contribution < -0.4 is 9.64 Å². The molecular weight excluding hydrogens is 469 g/mol.